The van der Waals surface area contributed by atoms with Crippen molar-refractivity contribution in [2.24, 2.45) is 5.73 Å². The molecule has 0 radical (unpaired) electrons. The van der Waals surface area contributed by atoms with Gasteiger partial charge in [-0.15, -0.1) is 0 Å². The molecule has 2 rings (SSSR count). The number of para-hydroxylation sites is 1. The van der Waals surface area contributed by atoms with Crippen molar-refractivity contribution in [1.29, 1.82) is 0 Å². The van der Waals surface area contributed by atoms with Crippen molar-refractivity contribution in [2.45, 2.75) is 13.2 Å². The molecule has 0 heterocycles. The maximum absolute atomic E-state index is 6.05. The lowest BCUT2D eigenvalue weighted by Gasteiger charge is -2.12. The summed E-state index contributed by atoms with van der Waals surface area (Å²) < 4.78 is 11.0. The van der Waals surface area contributed by atoms with E-state index in [4.69, 9.17) is 38.4 Å². The average molecular weight is 312 g/mol. The predicted molar refractivity (Wildman–Crippen MR) is 81.7 cm³/mol. The van der Waals surface area contributed by atoms with Crippen LogP contribution in [-0.2, 0) is 13.2 Å². The maximum atomic E-state index is 6.05. The molecule has 0 aliphatic heterocycles. The molecule has 0 aromatic heterocycles. The molecule has 106 valence electrons. The van der Waals surface area contributed by atoms with Crippen molar-refractivity contribution in [3.05, 3.63) is 57.6 Å². The van der Waals surface area contributed by atoms with E-state index in [9.17, 15) is 0 Å². The smallest absolute Gasteiger partial charge is 0.156 e. The van der Waals surface area contributed by atoms with E-state index < -0.39 is 0 Å². The molecule has 0 fully saturated rings. The molecule has 0 unspecified atom stereocenters. The highest BCUT2D eigenvalue weighted by Gasteiger charge is 2.08. The largest absolute Gasteiger partial charge is 0.496 e. The third-order valence-corrected chi connectivity index (χ3v) is 3.47. The fourth-order valence-corrected chi connectivity index (χ4v) is 2.33. The minimum atomic E-state index is 0.352. The van der Waals surface area contributed by atoms with Gasteiger partial charge in [-0.05, 0) is 23.8 Å². The number of nitrogens with two attached hydrogens (primary N) is 1. The van der Waals surface area contributed by atoms with Crippen LogP contribution in [0.25, 0.3) is 0 Å². The summed E-state index contributed by atoms with van der Waals surface area (Å²) in [7, 11) is 1.62. The predicted octanol–water partition coefficient (Wildman–Crippen LogP) is 4.04. The van der Waals surface area contributed by atoms with Crippen LogP contribution in [0.15, 0.2) is 36.4 Å². The van der Waals surface area contributed by atoms with Gasteiger partial charge in [0.1, 0.15) is 12.4 Å². The zero-order valence-corrected chi connectivity index (χ0v) is 12.5. The molecule has 0 bridgehead atoms. The van der Waals surface area contributed by atoms with Gasteiger partial charge in [-0.25, -0.2) is 0 Å². The summed E-state index contributed by atoms with van der Waals surface area (Å²) in [5.74, 6) is 1.23. The third kappa shape index (κ3) is 3.37. The van der Waals surface area contributed by atoms with E-state index in [1.165, 1.54) is 0 Å². The quantitative estimate of drug-likeness (QED) is 0.906. The molecule has 3 nitrogen and oxygen atoms in total. The van der Waals surface area contributed by atoms with Gasteiger partial charge < -0.3 is 15.2 Å². The van der Waals surface area contributed by atoms with Gasteiger partial charge in [-0.1, -0.05) is 41.4 Å². The Morgan fingerprint density at radius 1 is 1.10 bits per heavy atom. The third-order valence-electron chi connectivity index (χ3n) is 2.87. The van der Waals surface area contributed by atoms with Crippen molar-refractivity contribution in [3.8, 4) is 11.5 Å². The van der Waals surface area contributed by atoms with Crippen LogP contribution < -0.4 is 15.2 Å². The second-order valence-corrected chi connectivity index (χ2v) is 5.00. The SMILES string of the molecule is COc1cc(COc2c(Cl)cccc2Cl)ccc1CN. The Morgan fingerprint density at radius 2 is 1.80 bits per heavy atom. The first-order chi connectivity index (χ1) is 9.65. The summed E-state index contributed by atoms with van der Waals surface area (Å²) in [6, 6.07) is 11.0. The lowest BCUT2D eigenvalue weighted by atomic mass is 10.1. The van der Waals surface area contributed by atoms with Crippen LogP contribution in [-0.4, -0.2) is 7.11 Å². The topological polar surface area (TPSA) is 44.5 Å². The molecule has 20 heavy (non-hydrogen) atoms. The number of ether oxygens (including phenoxy) is 2. The number of hydrogen-bond donors (Lipinski definition) is 1. The number of rotatable bonds is 5. The molecule has 0 saturated carbocycles. The first-order valence-electron chi connectivity index (χ1n) is 6.08. The van der Waals surface area contributed by atoms with Crippen LogP contribution in [0.3, 0.4) is 0 Å². The van der Waals surface area contributed by atoms with Crippen LogP contribution in [0.5, 0.6) is 11.5 Å². The van der Waals surface area contributed by atoms with Crippen LogP contribution in [0.1, 0.15) is 11.1 Å². The monoisotopic (exact) mass is 311 g/mol. The lowest BCUT2D eigenvalue weighted by Crippen LogP contribution is -2.02. The molecule has 0 spiro atoms. The van der Waals surface area contributed by atoms with Crippen molar-refractivity contribution in [1.82, 2.24) is 0 Å². The first kappa shape index (κ1) is 15.0. The highest BCUT2D eigenvalue weighted by atomic mass is 35.5. The number of hydrogen-bond acceptors (Lipinski definition) is 3. The molecule has 0 aliphatic rings. The molecular formula is C15H15Cl2NO2. The Labute approximate surface area is 128 Å². The molecule has 2 aromatic carbocycles. The Morgan fingerprint density at radius 3 is 2.40 bits per heavy atom. The summed E-state index contributed by atoms with van der Waals surface area (Å²) >= 11 is 12.1. The Kier molecular flexibility index (Phi) is 5.12. The van der Waals surface area contributed by atoms with Gasteiger partial charge in [0.25, 0.3) is 0 Å². The van der Waals surface area contributed by atoms with Crippen molar-refractivity contribution in [2.75, 3.05) is 7.11 Å². The van der Waals surface area contributed by atoms with E-state index in [1.807, 2.05) is 18.2 Å². The number of halogens is 2. The summed E-state index contributed by atoms with van der Waals surface area (Å²) in [4.78, 5) is 0. The summed E-state index contributed by atoms with van der Waals surface area (Å²) in [6.07, 6.45) is 0. The van der Waals surface area contributed by atoms with Gasteiger partial charge in [-0.3, -0.25) is 0 Å². The van der Waals surface area contributed by atoms with E-state index in [2.05, 4.69) is 0 Å². The van der Waals surface area contributed by atoms with Crippen LogP contribution in [0.4, 0.5) is 0 Å². The molecule has 2 N–H and O–H groups in total. The minimum absolute atomic E-state index is 0.352. The highest BCUT2D eigenvalue weighted by molar-refractivity contribution is 6.37. The zero-order valence-electron chi connectivity index (χ0n) is 11.0. The summed E-state index contributed by atoms with van der Waals surface area (Å²) in [6.45, 7) is 0.783. The second kappa shape index (κ2) is 6.84. The molecule has 0 atom stereocenters. The van der Waals surface area contributed by atoms with Crippen molar-refractivity contribution < 1.29 is 9.47 Å². The molecule has 0 amide bonds. The molecule has 0 aliphatic carbocycles. The lowest BCUT2D eigenvalue weighted by molar-refractivity contribution is 0.305. The average Bonchev–Trinajstić information content (AvgIpc) is 2.46. The van der Waals surface area contributed by atoms with Crippen LogP contribution in [0, 0.1) is 0 Å². The molecule has 5 heteroatoms. The zero-order chi connectivity index (χ0) is 14.5. The van der Waals surface area contributed by atoms with E-state index >= 15 is 0 Å². The van der Waals surface area contributed by atoms with E-state index in [0.717, 1.165) is 16.9 Å². The Bertz CT molecular complexity index is 582. The summed E-state index contributed by atoms with van der Waals surface area (Å²) in [5, 5.41) is 0.978. The fraction of sp³-hybridized carbons (Fsp3) is 0.200. The first-order valence-corrected chi connectivity index (χ1v) is 6.84. The molecule has 2 aromatic rings. The van der Waals surface area contributed by atoms with Gasteiger partial charge >= 0.3 is 0 Å². The fourth-order valence-electron chi connectivity index (χ4n) is 1.82. The van der Waals surface area contributed by atoms with E-state index in [0.29, 0.717) is 28.9 Å². The van der Waals surface area contributed by atoms with Gasteiger partial charge in [0.15, 0.2) is 5.75 Å². The standard InChI is InChI=1S/C15H15Cl2NO2/c1-19-14-7-10(5-6-11(14)8-18)9-20-15-12(16)3-2-4-13(15)17/h2-7H,8-9,18H2,1H3. The van der Waals surface area contributed by atoms with Crippen molar-refractivity contribution >= 4 is 23.2 Å². The molecular weight excluding hydrogens is 297 g/mol. The Hall–Kier alpha value is -1.42. The second-order valence-electron chi connectivity index (χ2n) is 4.19. The van der Waals surface area contributed by atoms with Gasteiger partial charge in [0.2, 0.25) is 0 Å². The number of benzene rings is 2. The normalized spacial score (nSPS) is 10.4. The van der Waals surface area contributed by atoms with Crippen LogP contribution in [0.2, 0.25) is 10.0 Å². The van der Waals surface area contributed by atoms with Crippen molar-refractivity contribution in [3.63, 3.8) is 0 Å². The minimum Gasteiger partial charge on any atom is -0.496 e. The van der Waals surface area contributed by atoms with E-state index in [-0.39, 0.29) is 0 Å². The highest BCUT2D eigenvalue weighted by Crippen LogP contribution is 2.33. The van der Waals surface area contributed by atoms with Gasteiger partial charge in [-0.2, -0.15) is 0 Å². The summed E-state index contributed by atoms with van der Waals surface area (Å²) in [5.41, 5.74) is 7.54. The van der Waals surface area contributed by atoms with Crippen LogP contribution >= 0.6 is 23.2 Å². The molecule has 0 saturated heterocycles. The maximum Gasteiger partial charge on any atom is 0.156 e. The number of methoxy groups -OCH3 is 1. The van der Waals surface area contributed by atoms with Gasteiger partial charge in [0.05, 0.1) is 17.2 Å². The van der Waals surface area contributed by atoms with Gasteiger partial charge in [0, 0.05) is 12.1 Å². The van der Waals surface area contributed by atoms with E-state index in [1.54, 1.807) is 25.3 Å². The Balaban J connectivity index is 2.15.